The monoisotopic (exact) mass is 371 g/mol. The average Bonchev–Trinajstić information content (AvgIpc) is 2.88. The number of ether oxygens (including phenoxy) is 1. The Bertz CT molecular complexity index is 828. The van der Waals surface area contributed by atoms with E-state index in [0.717, 1.165) is 17.9 Å². The summed E-state index contributed by atoms with van der Waals surface area (Å²) in [6.45, 7) is 2.11. The highest BCUT2D eigenvalue weighted by Crippen LogP contribution is 2.35. The van der Waals surface area contributed by atoms with Crippen LogP contribution >= 0.6 is 0 Å². The van der Waals surface area contributed by atoms with Crippen molar-refractivity contribution in [2.45, 2.75) is 50.7 Å². The molecule has 1 aliphatic carbocycles. The lowest BCUT2D eigenvalue weighted by Gasteiger charge is -2.33. The molecule has 1 unspecified atom stereocenters. The van der Waals surface area contributed by atoms with Crippen molar-refractivity contribution in [3.63, 3.8) is 0 Å². The normalized spacial score (nSPS) is 30.0. The number of hydrogen-bond donors (Lipinski definition) is 2. The number of benzene rings is 1. The zero-order valence-corrected chi connectivity index (χ0v) is 15.0. The number of carbonyl (C=O) groups is 4. The molecule has 2 N–H and O–H groups in total. The summed E-state index contributed by atoms with van der Waals surface area (Å²) in [6.07, 6.45) is 1.89. The number of amides is 4. The molecular formula is C19H21N3O5. The fraction of sp³-hybridized carbons (Fsp3) is 0.474. The maximum absolute atomic E-state index is 12.8. The summed E-state index contributed by atoms with van der Waals surface area (Å²) in [7, 11) is 0. The van der Waals surface area contributed by atoms with E-state index in [4.69, 9.17) is 4.74 Å². The van der Waals surface area contributed by atoms with Crippen LogP contribution in [0.2, 0.25) is 0 Å². The molecule has 8 nitrogen and oxygen atoms in total. The van der Waals surface area contributed by atoms with Crippen LogP contribution in [0.1, 0.15) is 48.5 Å². The minimum atomic E-state index is -1.09. The lowest BCUT2D eigenvalue weighted by Crippen LogP contribution is -2.54. The van der Waals surface area contributed by atoms with Crippen LogP contribution in [0, 0.1) is 5.92 Å². The summed E-state index contributed by atoms with van der Waals surface area (Å²) in [5.41, 5.74) is 2.52. The quantitative estimate of drug-likeness (QED) is 0.602. The minimum absolute atomic E-state index is 0.194. The molecule has 0 radical (unpaired) electrons. The lowest BCUT2D eigenvalue weighted by atomic mass is 9.77. The molecule has 0 aromatic heterocycles. The van der Waals surface area contributed by atoms with Crippen LogP contribution in [0.3, 0.4) is 0 Å². The molecule has 4 rings (SSSR count). The zero-order valence-electron chi connectivity index (χ0n) is 15.0. The Morgan fingerprint density at radius 1 is 1.22 bits per heavy atom. The van der Waals surface area contributed by atoms with Gasteiger partial charge in [-0.15, -0.1) is 0 Å². The molecular weight excluding hydrogens is 350 g/mol. The summed E-state index contributed by atoms with van der Waals surface area (Å²) >= 11 is 0. The van der Waals surface area contributed by atoms with Crippen LogP contribution in [0.15, 0.2) is 24.3 Å². The van der Waals surface area contributed by atoms with Crippen molar-refractivity contribution in [3.8, 4) is 0 Å². The van der Waals surface area contributed by atoms with Gasteiger partial charge in [0.25, 0.3) is 11.8 Å². The molecule has 8 heteroatoms. The van der Waals surface area contributed by atoms with E-state index >= 15 is 0 Å². The van der Waals surface area contributed by atoms with Gasteiger partial charge in [0, 0.05) is 6.42 Å². The SMILES string of the molecule is CC1CCC2(CC1)NC(=O)N(NC(=O)C1Cc3ccccc3C(=O)O1)C2=O. The Hall–Kier alpha value is -2.90. The number of nitrogens with one attached hydrogen (secondary N) is 2. The number of hydrogen-bond acceptors (Lipinski definition) is 5. The second-order valence-electron chi connectivity index (χ2n) is 7.57. The van der Waals surface area contributed by atoms with E-state index in [1.54, 1.807) is 24.3 Å². The van der Waals surface area contributed by atoms with E-state index < -0.39 is 35.5 Å². The van der Waals surface area contributed by atoms with Crippen molar-refractivity contribution in [2.24, 2.45) is 5.92 Å². The predicted octanol–water partition coefficient (Wildman–Crippen LogP) is 1.30. The number of fused-ring (bicyclic) bond motifs is 1. The van der Waals surface area contributed by atoms with Gasteiger partial charge < -0.3 is 10.1 Å². The Balaban J connectivity index is 1.46. The van der Waals surface area contributed by atoms with Crippen molar-refractivity contribution in [1.82, 2.24) is 15.8 Å². The lowest BCUT2D eigenvalue weighted by molar-refractivity contribution is -0.143. The molecule has 1 aromatic rings. The second kappa shape index (κ2) is 6.37. The first-order valence-corrected chi connectivity index (χ1v) is 9.16. The van der Waals surface area contributed by atoms with Crippen LogP contribution in [0.25, 0.3) is 0 Å². The maximum Gasteiger partial charge on any atom is 0.344 e. The fourth-order valence-corrected chi connectivity index (χ4v) is 3.98. The number of nitrogens with zero attached hydrogens (tertiary/aromatic N) is 1. The molecule has 27 heavy (non-hydrogen) atoms. The molecule has 1 saturated heterocycles. The van der Waals surface area contributed by atoms with Crippen molar-refractivity contribution < 1.29 is 23.9 Å². The summed E-state index contributed by atoms with van der Waals surface area (Å²) < 4.78 is 5.19. The topological polar surface area (TPSA) is 105 Å². The number of cyclic esters (lactones) is 1. The molecule has 1 aromatic carbocycles. The third kappa shape index (κ3) is 2.94. The predicted molar refractivity (Wildman–Crippen MR) is 93.2 cm³/mol. The van der Waals surface area contributed by atoms with Gasteiger partial charge in [-0.05, 0) is 43.2 Å². The van der Waals surface area contributed by atoms with Crippen LogP contribution in [-0.4, -0.2) is 40.5 Å². The first-order chi connectivity index (χ1) is 12.9. The number of imide groups is 1. The third-order valence-corrected chi connectivity index (χ3v) is 5.70. The van der Waals surface area contributed by atoms with Gasteiger partial charge in [0.05, 0.1) is 5.56 Å². The van der Waals surface area contributed by atoms with Gasteiger partial charge in [0.15, 0.2) is 6.10 Å². The average molecular weight is 371 g/mol. The molecule has 0 bridgehead atoms. The van der Waals surface area contributed by atoms with Crippen LogP contribution in [-0.2, 0) is 20.7 Å². The van der Waals surface area contributed by atoms with Crippen LogP contribution < -0.4 is 10.7 Å². The number of carbonyl (C=O) groups excluding carboxylic acids is 4. The number of rotatable bonds is 2. The first kappa shape index (κ1) is 17.5. The Morgan fingerprint density at radius 2 is 1.93 bits per heavy atom. The summed E-state index contributed by atoms with van der Waals surface area (Å²) in [4.78, 5) is 49.7. The largest absolute Gasteiger partial charge is 0.448 e. The molecule has 2 heterocycles. The van der Waals surface area contributed by atoms with Gasteiger partial charge >= 0.3 is 12.0 Å². The van der Waals surface area contributed by atoms with Gasteiger partial charge in [-0.3, -0.25) is 15.0 Å². The van der Waals surface area contributed by atoms with E-state index in [0.29, 0.717) is 29.9 Å². The van der Waals surface area contributed by atoms with E-state index in [1.165, 1.54) is 0 Å². The molecule has 1 atom stereocenters. The van der Waals surface area contributed by atoms with Crippen molar-refractivity contribution in [1.29, 1.82) is 0 Å². The second-order valence-corrected chi connectivity index (χ2v) is 7.57. The first-order valence-electron chi connectivity index (χ1n) is 9.16. The standard InChI is InChI=1S/C19H21N3O5/c1-11-6-8-19(9-7-11)17(25)22(18(26)20-19)21-15(23)14-10-12-4-2-3-5-13(12)16(24)27-14/h2-5,11,14H,6-10H2,1H3,(H,20,26)(H,21,23). The summed E-state index contributed by atoms with van der Waals surface area (Å²) in [5.74, 6) is -1.23. The zero-order chi connectivity index (χ0) is 19.2. The molecule has 1 saturated carbocycles. The molecule has 2 aliphatic heterocycles. The smallest absolute Gasteiger partial charge is 0.344 e. The molecule has 1 spiro atoms. The maximum atomic E-state index is 12.8. The van der Waals surface area contributed by atoms with E-state index in [2.05, 4.69) is 17.7 Å². The Kier molecular flexibility index (Phi) is 4.13. The van der Waals surface area contributed by atoms with Crippen molar-refractivity contribution in [3.05, 3.63) is 35.4 Å². The van der Waals surface area contributed by atoms with Crippen LogP contribution in [0.5, 0.6) is 0 Å². The highest BCUT2D eigenvalue weighted by Gasteiger charge is 2.53. The highest BCUT2D eigenvalue weighted by atomic mass is 16.5. The summed E-state index contributed by atoms with van der Waals surface area (Å²) in [6, 6.07) is 6.24. The van der Waals surface area contributed by atoms with Gasteiger partial charge in [-0.25, -0.2) is 9.59 Å². The van der Waals surface area contributed by atoms with Crippen LogP contribution in [0.4, 0.5) is 4.79 Å². The molecule has 2 fully saturated rings. The van der Waals surface area contributed by atoms with E-state index in [9.17, 15) is 19.2 Å². The molecule has 4 amide bonds. The van der Waals surface area contributed by atoms with E-state index in [1.807, 2.05) is 0 Å². The summed E-state index contributed by atoms with van der Waals surface area (Å²) in [5, 5.41) is 3.47. The number of hydrazine groups is 1. The van der Waals surface area contributed by atoms with Gasteiger partial charge in [-0.2, -0.15) is 5.01 Å². The Morgan fingerprint density at radius 3 is 2.67 bits per heavy atom. The van der Waals surface area contributed by atoms with E-state index in [-0.39, 0.29) is 6.42 Å². The van der Waals surface area contributed by atoms with Gasteiger partial charge in [0.1, 0.15) is 5.54 Å². The number of urea groups is 1. The van der Waals surface area contributed by atoms with Crippen molar-refractivity contribution >= 4 is 23.8 Å². The fourth-order valence-electron chi connectivity index (χ4n) is 3.98. The van der Waals surface area contributed by atoms with Crippen molar-refractivity contribution in [2.75, 3.05) is 0 Å². The Labute approximate surface area is 156 Å². The number of esters is 1. The minimum Gasteiger partial charge on any atom is -0.448 e. The van der Waals surface area contributed by atoms with Gasteiger partial charge in [-0.1, -0.05) is 25.1 Å². The third-order valence-electron chi connectivity index (χ3n) is 5.70. The molecule has 3 aliphatic rings. The molecule has 142 valence electrons. The highest BCUT2D eigenvalue weighted by molar-refractivity contribution is 6.08. The van der Waals surface area contributed by atoms with Gasteiger partial charge in [0.2, 0.25) is 0 Å².